The van der Waals surface area contributed by atoms with E-state index in [4.69, 9.17) is 32.9 Å². The van der Waals surface area contributed by atoms with Gasteiger partial charge in [-0.15, -0.1) is 0 Å². The number of rotatable bonds is 9. The van der Waals surface area contributed by atoms with Crippen LogP contribution in [0.15, 0.2) is 54.6 Å². The third kappa shape index (κ3) is 5.77. The lowest BCUT2D eigenvalue weighted by Gasteiger charge is -2.39. The molecule has 5 unspecified atom stereocenters. The van der Waals surface area contributed by atoms with Gasteiger partial charge in [-0.2, -0.15) is 10.5 Å². The Morgan fingerprint density at radius 2 is 1.92 bits per heavy atom. The number of nitrogens with one attached hydrogen (secondary N) is 1. The summed E-state index contributed by atoms with van der Waals surface area (Å²) >= 11 is 13.1. The molecule has 5 heterocycles. The monoisotopic (exact) mass is 746 g/mol. The number of likely N-dealkylation sites (tertiary alicyclic amines) is 1. The number of carbonyl (C=O) groups is 1. The minimum atomic E-state index is -0.492. The van der Waals surface area contributed by atoms with Crippen molar-refractivity contribution in [2.45, 2.75) is 76.3 Å². The van der Waals surface area contributed by atoms with Gasteiger partial charge in [-0.1, -0.05) is 47.5 Å². The molecule has 5 aromatic rings. The second-order valence-corrected chi connectivity index (χ2v) is 15.8. The average Bonchev–Trinajstić information content (AvgIpc) is 3.46. The number of nitrogens with zero attached hydrogens (tertiary/aromatic N) is 5. The number of benzene rings is 3. The van der Waals surface area contributed by atoms with Crippen molar-refractivity contribution in [2.75, 3.05) is 13.1 Å². The normalized spacial score (nSPS) is 23.4. The summed E-state index contributed by atoms with van der Waals surface area (Å²) in [6.07, 6.45) is 3.79. The highest BCUT2D eigenvalue weighted by Gasteiger charge is 2.51. The zero-order chi connectivity index (χ0) is 36.5. The molecular weight excluding hydrogens is 710 g/mol. The van der Waals surface area contributed by atoms with Crippen molar-refractivity contribution < 1.29 is 13.9 Å². The molecule has 2 bridgehead atoms. The molecule has 5 fully saturated rings. The lowest BCUT2D eigenvalue weighted by Crippen LogP contribution is -2.41. The molecule has 1 amide bonds. The first-order valence-electron chi connectivity index (χ1n) is 18.4. The van der Waals surface area contributed by atoms with E-state index in [-0.39, 0.29) is 53.0 Å². The Hall–Kier alpha value is -4.51. The van der Waals surface area contributed by atoms with Crippen LogP contribution in [0.1, 0.15) is 72.3 Å². The summed E-state index contributed by atoms with van der Waals surface area (Å²) in [6.45, 7) is 3.64. The van der Waals surface area contributed by atoms with Crippen LogP contribution < -0.4 is 5.32 Å². The van der Waals surface area contributed by atoms with Crippen LogP contribution in [0.25, 0.3) is 32.9 Å². The van der Waals surface area contributed by atoms with E-state index in [0.29, 0.717) is 70.3 Å². The van der Waals surface area contributed by atoms with Crippen molar-refractivity contribution in [3.8, 4) is 23.3 Å². The van der Waals surface area contributed by atoms with E-state index in [1.54, 1.807) is 24.3 Å². The molecule has 0 spiro atoms. The van der Waals surface area contributed by atoms with Gasteiger partial charge >= 0.3 is 0 Å². The summed E-state index contributed by atoms with van der Waals surface area (Å²) in [6, 6.07) is 21.4. The lowest BCUT2D eigenvalue weighted by atomic mass is 9.79. The number of aryl methyl sites for hydroxylation is 2. The standard InChI is InChI=1S/C42H37Cl2FN6O2/c1-22-30-17-35(34-16-28(20-50(34)42(52)25-10-11-25)53-21-24-6-2-5-23(13-24)18-47)51(40-27-15-33(40)48-19-27)41(30)31-14-26(7-4-12-46)36(38(45)39(31)49-22)29-8-3-9-32(43)37(29)44/h2-3,5-6,8-9,13-14,17,25,27-28,33-34,40,48H,4,7,10-11,15-16,19-21H2,1H3. The van der Waals surface area contributed by atoms with Crippen molar-refractivity contribution in [1.82, 2.24) is 19.8 Å². The van der Waals surface area contributed by atoms with Gasteiger partial charge in [0.05, 0.1) is 58.1 Å². The number of halogens is 3. The fourth-order valence-electron chi connectivity index (χ4n) is 9.05. The minimum absolute atomic E-state index is 0.0284. The van der Waals surface area contributed by atoms with Crippen molar-refractivity contribution >= 4 is 50.9 Å². The van der Waals surface area contributed by atoms with Crippen LogP contribution in [0.4, 0.5) is 4.39 Å². The first-order chi connectivity index (χ1) is 25.7. The van der Waals surface area contributed by atoms with E-state index in [2.05, 4.69) is 28.1 Å². The topological polar surface area (TPSA) is 107 Å². The fraction of sp³-hybridized carbons (Fsp3) is 0.381. The number of fused-ring (bicyclic) bond motifs is 4. The molecule has 3 aliphatic heterocycles. The highest BCUT2D eigenvalue weighted by atomic mass is 35.5. The SMILES string of the molecule is Cc1nc2c(F)c(-c3cccc(Cl)c3Cl)c(CCC#N)cc2c2c1cc(C1CC(OCc3cccc(C#N)c3)CN1C(=O)C1CC1)n2C1C2CNC1C2. The Kier molecular flexibility index (Phi) is 8.67. The molecule has 10 rings (SSSR count). The smallest absolute Gasteiger partial charge is 0.226 e. The van der Waals surface area contributed by atoms with E-state index in [0.717, 1.165) is 48.0 Å². The molecule has 3 saturated heterocycles. The molecule has 5 atom stereocenters. The van der Waals surface area contributed by atoms with E-state index >= 15 is 4.39 Å². The highest BCUT2D eigenvalue weighted by Crippen LogP contribution is 2.51. The Balaban J connectivity index is 1.21. The second-order valence-electron chi connectivity index (χ2n) is 15.0. The first-order valence-corrected chi connectivity index (χ1v) is 19.1. The molecule has 1 N–H and O–H groups in total. The van der Waals surface area contributed by atoms with Crippen molar-refractivity contribution in [1.29, 1.82) is 10.5 Å². The van der Waals surface area contributed by atoms with Crippen LogP contribution >= 0.6 is 23.2 Å². The van der Waals surface area contributed by atoms with Crippen molar-refractivity contribution in [3.05, 3.63) is 98.5 Å². The number of pyridine rings is 1. The molecule has 3 aromatic carbocycles. The van der Waals surface area contributed by atoms with Crippen molar-refractivity contribution in [2.24, 2.45) is 11.8 Å². The van der Waals surface area contributed by atoms with Gasteiger partial charge in [0.2, 0.25) is 5.91 Å². The lowest BCUT2D eigenvalue weighted by molar-refractivity contribution is -0.134. The van der Waals surface area contributed by atoms with E-state index in [9.17, 15) is 15.3 Å². The Bertz CT molecular complexity index is 2400. The second kappa shape index (κ2) is 13.4. The third-order valence-corrected chi connectivity index (χ3v) is 12.6. The molecule has 8 nitrogen and oxygen atoms in total. The zero-order valence-electron chi connectivity index (χ0n) is 29.2. The summed E-state index contributed by atoms with van der Waals surface area (Å²) in [5.74, 6) is 0.0973. The maximum atomic E-state index is 17.2. The summed E-state index contributed by atoms with van der Waals surface area (Å²) in [4.78, 5) is 20.9. The number of hydrogen-bond donors (Lipinski definition) is 1. The number of nitriles is 2. The Morgan fingerprint density at radius 1 is 1.09 bits per heavy atom. The van der Waals surface area contributed by atoms with Gasteiger partial charge in [-0.25, -0.2) is 9.37 Å². The molecule has 2 aliphatic carbocycles. The van der Waals surface area contributed by atoms with E-state index in [1.807, 2.05) is 36.1 Å². The summed E-state index contributed by atoms with van der Waals surface area (Å²) in [7, 11) is 0. The Morgan fingerprint density at radius 3 is 2.66 bits per heavy atom. The molecule has 268 valence electrons. The van der Waals surface area contributed by atoms with Crippen molar-refractivity contribution in [3.63, 3.8) is 0 Å². The van der Waals surface area contributed by atoms with E-state index in [1.165, 1.54) is 0 Å². The summed E-state index contributed by atoms with van der Waals surface area (Å²) < 4.78 is 26.1. The van der Waals surface area contributed by atoms with Crippen LogP contribution in [-0.4, -0.2) is 45.6 Å². The maximum Gasteiger partial charge on any atom is 0.226 e. The van der Waals surface area contributed by atoms with Crippen LogP contribution in [0, 0.1) is 47.2 Å². The third-order valence-electron chi connectivity index (χ3n) is 11.8. The zero-order valence-corrected chi connectivity index (χ0v) is 30.7. The van der Waals surface area contributed by atoms with Gasteiger partial charge in [0.25, 0.3) is 0 Å². The van der Waals surface area contributed by atoms with Crippen LogP contribution in [-0.2, 0) is 22.6 Å². The molecule has 2 saturated carbocycles. The predicted molar refractivity (Wildman–Crippen MR) is 202 cm³/mol. The quantitative estimate of drug-likeness (QED) is 0.162. The van der Waals surface area contributed by atoms with Gasteiger partial charge in [-0.3, -0.25) is 4.79 Å². The van der Waals surface area contributed by atoms with Gasteiger partial charge < -0.3 is 19.5 Å². The van der Waals surface area contributed by atoms with Gasteiger partial charge in [0.1, 0.15) is 5.52 Å². The first kappa shape index (κ1) is 34.3. The number of ether oxygens (including phenoxy) is 1. The molecular formula is C42H37Cl2FN6O2. The van der Waals surface area contributed by atoms with E-state index < -0.39 is 5.82 Å². The van der Waals surface area contributed by atoms with Gasteiger partial charge in [0, 0.05) is 71.2 Å². The van der Waals surface area contributed by atoms with Crippen LogP contribution in [0.2, 0.25) is 10.0 Å². The maximum absolute atomic E-state index is 17.2. The predicted octanol–water partition coefficient (Wildman–Crippen LogP) is 8.74. The average molecular weight is 748 g/mol. The number of amides is 1. The highest BCUT2D eigenvalue weighted by molar-refractivity contribution is 6.43. The van der Waals surface area contributed by atoms with Crippen LogP contribution in [0.5, 0.6) is 0 Å². The molecule has 53 heavy (non-hydrogen) atoms. The van der Waals surface area contributed by atoms with Gasteiger partial charge in [-0.05, 0) is 80.0 Å². The number of hydrogen-bond acceptors (Lipinski definition) is 6. The van der Waals surface area contributed by atoms with Gasteiger partial charge in [0.15, 0.2) is 5.82 Å². The molecule has 11 heteroatoms. The molecule has 2 aromatic heterocycles. The largest absolute Gasteiger partial charge is 0.372 e. The molecule has 0 radical (unpaired) electrons. The molecule has 5 aliphatic rings. The summed E-state index contributed by atoms with van der Waals surface area (Å²) in [5.41, 5.74) is 5.81. The minimum Gasteiger partial charge on any atom is -0.372 e. The number of carbonyl (C=O) groups excluding carboxylic acids is 1. The van der Waals surface area contributed by atoms with Crippen LogP contribution in [0.3, 0.4) is 0 Å². The fourth-order valence-corrected chi connectivity index (χ4v) is 9.45. The number of aromatic nitrogens is 2. The summed E-state index contributed by atoms with van der Waals surface area (Å²) in [5, 5.41) is 24.9. The Labute approximate surface area is 317 Å².